The van der Waals surface area contributed by atoms with Gasteiger partial charge in [-0.15, -0.1) is 0 Å². The fraction of sp³-hybridized carbons (Fsp3) is 0.862. The average molecular weight is 587 g/mol. The first-order valence-electron chi connectivity index (χ1n) is 14.3. The Bertz CT molecular complexity index is 876. The second-order valence-electron chi connectivity index (χ2n) is 13.5. The molecule has 12 heteroatoms. The molecule has 1 saturated heterocycles. The van der Waals surface area contributed by atoms with Crippen molar-refractivity contribution in [1.82, 2.24) is 19.6 Å². The van der Waals surface area contributed by atoms with Crippen LogP contribution in [0.4, 0.5) is 4.79 Å². The molecule has 1 heterocycles. The third-order valence-electron chi connectivity index (χ3n) is 5.95. The summed E-state index contributed by atoms with van der Waals surface area (Å²) in [6, 6.07) is -0.178. The maximum atomic E-state index is 12.8. The first-order chi connectivity index (χ1) is 18.7. The summed E-state index contributed by atoms with van der Waals surface area (Å²) >= 11 is 0. The smallest absolute Gasteiger partial charge is 0.409 e. The maximum Gasteiger partial charge on any atom is 0.409 e. The van der Waals surface area contributed by atoms with Crippen LogP contribution < -0.4 is 0 Å². The van der Waals surface area contributed by atoms with Crippen LogP contribution >= 0.6 is 0 Å². The largest absolute Gasteiger partial charge is 0.459 e. The van der Waals surface area contributed by atoms with Gasteiger partial charge in [0.05, 0.1) is 26.7 Å². The van der Waals surface area contributed by atoms with Gasteiger partial charge in [0.2, 0.25) is 0 Å². The van der Waals surface area contributed by atoms with Gasteiger partial charge in [0.1, 0.15) is 16.8 Å². The second kappa shape index (κ2) is 15.7. The number of esters is 3. The van der Waals surface area contributed by atoms with Crippen molar-refractivity contribution in [2.45, 2.75) is 92.1 Å². The lowest BCUT2D eigenvalue weighted by Gasteiger charge is -2.37. The summed E-state index contributed by atoms with van der Waals surface area (Å²) in [6.45, 7) is 21.1. The van der Waals surface area contributed by atoms with Crippen molar-refractivity contribution < 1.29 is 38.1 Å². The van der Waals surface area contributed by atoms with E-state index in [1.54, 1.807) is 4.90 Å². The van der Waals surface area contributed by atoms with E-state index in [0.717, 1.165) is 0 Å². The van der Waals surface area contributed by atoms with E-state index < -0.39 is 22.9 Å². The average Bonchev–Trinajstić information content (AvgIpc) is 2.76. The predicted molar refractivity (Wildman–Crippen MR) is 155 cm³/mol. The molecule has 0 aromatic heterocycles. The molecule has 1 aliphatic heterocycles. The lowest BCUT2D eigenvalue weighted by Crippen LogP contribution is -2.53. The van der Waals surface area contributed by atoms with Crippen molar-refractivity contribution in [3.05, 3.63) is 0 Å². The van der Waals surface area contributed by atoms with Crippen LogP contribution in [0.2, 0.25) is 0 Å². The zero-order valence-corrected chi connectivity index (χ0v) is 27.2. The van der Waals surface area contributed by atoms with Crippen LogP contribution in [0.1, 0.15) is 69.2 Å². The minimum Gasteiger partial charge on any atom is -0.459 e. The van der Waals surface area contributed by atoms with Crippen molar-refractivity contribution in [1.29, 1.82) is 0 Å². The number of methoxy groups -OCH3 is 1. The fourth-order valence-electron chi connectivity index (χ4n) is 4.32. The summed E-state index contributed by atoms with van der Waals surface area (Å²) < 4.78 is 21.7. The molecule has 12 nitrogen and oxygen atoms in total. The van der Waals surface area contributed by atoms with Crippen LogP contribution in [0.15, 0.2) is 0 Å². The Kier molecular flexibility index (Phi) is 14.0. The van der Waals surface area contributed by atoms with Crippen molar-refractivity contribution in [2.24, 2.45) is 0 Å². The molecule has 0 radical (unpaired) electrons. The molecular weight excluding hydrogens is 532 g/mol. The summed E-state index contributed by atoms with van der Waals surface area (Å²) in [6.07, 6.45) is -0.490. The monoisotopic (exact) mass is 586 g/mol. The number of carbonyl (C=O) groups excluding carboxylic acids is 4. The molecule has 0 N–H and O–H groups in total. The van der Waals surface area contributed by atoms with Gasteiger partial charge in [-0.3, -0.25) is 29.1 Å². The standard InChI is InChI=1S/C29H54N4O8/c1-22-18-31(20-24(35)40-28(5,6)7)13-12-30(19-23(34)39-27(2,3)4)14-15-32(26(37)38-11)16-17-33(22)21-25(36)41-29(8,9)10/h22H,12-21H2,1-11H3. The second-order valence-corrected chi connectivity index (χ2v) is 13.5. The van der Waals surface area contributed by atoms with Gasteiger partial charge in [-0.2, -0.15) is 0 Å². The molecule has 1 rings (SSSR count). The predicted octanol–water partition coefficient (Wildman–Crippen LogP) is 2.39. The molecule has 238 valence electrons. The molecule has 1 unspecified atom stereocenters. The topological polar surface area (TPSA) is 118 Å². The van der Waals surface area contributed by atoms with Gasteiger partial charge < -0.3 is 23.8 Å². The fourth-order valence-corrected chi connectivity index (χ4v) is 4.32. The van der Waals surface area contributed by atoms with E-state index in [-0.39, 0.29) is 43.6 Å². The van der Waals surface area contributed by atoms with Gasteiger partial charge in [-0.25, -0.2) is 4.79 Å². The lowest BCUT2D eigenvalue weighted by atomic mass is 10.2. The first-order valence-corrected chi connectivity index (χ1v) is 14.3. The van der Waals surface area contributed by atoms with Crippen molar-refractivity contribution in [3.63, 3.8) is 0 Å². The Balaban J connectivity index is 3.25. The molecule has 1 amide bonds. The molecule has 0 aromatic carbocycles. The van der Waals surface area contributed by atoms with E-state index in [1.165, 1.54) is 7.11 Å². The van der Waals surface area contributed by atoms with Gasteiger partial charge in [-0.1, -0.05) is 0 Å². The molecule has 0 aliphatic carbocycles. The maximum absolute atomic E-state index is 12.8. The Morgan fingerprint density at radius 2 is 1.00 bits per heavy atom. The van der Waals surface area contributed by atoms with Crippen molar-refractivity contribution >= 4 is 24.0 Å². The van der Waals surface area contributed by atoms with Gasteiger partial charge >= 0.3 is 24.0 Å². The molecule has 41 heavy (non-hydrogen) atoms. The minimum atomic E-state index is -0.634. The number of hydrogen-bond acceptors (Lipinski definition) is 11. The molecule has 1 aliphatic rings. The Morgan fingerprint density at radius 3 is 1.46 bits per heavy atom. The van der Waals surface area contributed by atoms with Gasteiger partial charge in [0, 0.05) is 51.9 Å². The highest BCUT2D eigenvalue weighted by Crippen LogP contribution is 2.13. The lowest BCUT2D eigenvalue weighted by molar-refractivity contribution is -0.159. The summed E-state index contributed by atoms with van der Waals surface area (Å²) in [5.41, 5.74) is -1.89. The third-order valence-corrected chi connectivity index (χ3v) is 5.95. The number of rotatable bonds is 6. The minimum absolute atomic E-state index is 0.0263. The van der Waals surface area contributed by atoms with E-state index in [9.17, 15) is 19.2 Å². The van der Waals surface area contributed by atoms with Gasteiger partial charge in [0.15, 0.2) is 0 Å². The van der Waals surface area contributed by atoms with E-state index in [4.69, 9.17) is 18.9 Å². The SMILES string of the molecule is COC(=O)N1CCN(CC(=O)OC(C)(C)C)CCN(CC(=O)OC(C)(C)C)CC(C)N(CC(=O)OC(C)(C)C)CC1. The van der Waals surface area contributed by atoms with Crippen LogP contribution in [0.5, 0.6) is 0 Å². The Morgan fingerprint density at radius 1 is 0.610 bits per heavy atom. The van der Waals surface area contributed by atoms with Crippen LogP contribution in [-0.2, 0) is 33.3 Å². The van der Waals surface area contributed by atoms with E-state index in [1.807, 2.05) is 83.9 Å². The normalized spacial score (nSPS) is 19.5. The highest BCUT2D eigenvalue weighted by atomic mass is 16.6. The van der Waals surface area contributed by atoms with Crippen molar-refractivity contribution in [2.75, 3.05) is 72.6 Å². The Hall–Kier alpha value is -2.44. The molecule has 0 aromatic rings. The molecule has 0 bridgehead atoms. The molecule has 0 saturated carbocycles. The summed E-state index contributed by atoms with van der Waals surface area (Å²) in [4.78, 5) is 58.3. The number of nitrogens with zero attached hydrogens (tertiary/aromatic N) is 4. The van der Waals surface area contributed by atoms with Crippen LogP contribution in [0, 0.1) is 0 Å². The summed E-state index contributed by atoms with van der Waals surface area (Å²) in [5, 5.41) is 0. The van der Waals surface area contributed by atoms with Gasteiger partial charge in [-0.05, 0) is 69.2 Å². The van der Waals surface area contributed by atoms with Crippen LogP contribution in [-0.4, -0.2) is 139 Å². The number of amides is 1. The molecule has 1 fully saturated rings. The quantitative estimate of drug-likeness (QED) is 0.337. The first kappa shape index (κ1) is 36.6. The molecule has 1 atom stereocenters. The zero-order chi connectivity index (χ0) is 31.6. The highest BCUT2D eigenvalue weighted by molar-refractivity contribution is 5.73. The number of ether oxygens (including phenoxy) is 4. The van der Waals surface area contributed by atoms with E-state index >= 15 is 0 Å². The Labute approximate surface area is 246 Å². The zero-order valence-electron chi connectivity index (χ0n) is 27.2. The number of carbonyl (C=O) groups is 4. The highest BCUT2D eigenvalue weighted by Gasteiger charge is 2.29. The number of hydrogen-bond donors (Lipinski definition) is 0. The molecular formula is C29H54N4O8. The third kappa shape index (κ3) is 16.6. The molecule has 0 spiro atoms. The summed E-state index contributed by atoms with van der Waals surface area (Å²) in [5.74, 6) is -1.10. The van der Waals surface area contributed by atoms with Crippen LogP contribution in [0.3, 0.4) is 0 Å². The van der Waals surface area contributed by atoms with Crippen LogP contribution in [0.25, 0.3) is 0 Å². The van der Waals surface area contributed by atoms with Crippen molar-refractivity contribution in [3.8, 4) is 0 Å². The van der Waals surface area contributed by atoms with Gasteiger partial charge in [0.25, 0.3) is 0 Å². The van der Waals surface area contributed by atoms with E-state index in [2.05, 4.69) is 0 Å². The summed E-state index contributed by atoms with van der Waals surface area (Å²) in [7, 11) is 1.33. The van der Waals surface area contributed by atoms with E-state index in [0.29, 0.717) is 45.8 Å².